The molecule has 1 aromatic carbocycles. The third-order valence-corrected chi connectivity index (χ3v) is 4.59. The highest BCUT2D eigenvalue weighted by molar-refractivity contribution is 5.46. The minimum Gasteiger partial charge on any atom is -0.395 e. The number of alkyl halides is 2. The van der Waals surface area contributed by atoms with Gasteiger partial charge in [-0.15, -0.1) is 8.78 Å². The molecule has 2 atom stereocenters. The third-order valence-electron chi connectivity index (χ3n) is 4.59. The number of piperazine rings is 1. The van der Waals surface area contributed by atoms with Crippen molar-refractivity contribution < 1.29 is 18.3 Å². The van der Waals surface area contributed by atoms with Crippen LogP contribution in [0.3, 0.4) is 0 Å². The largest absolute Gasteiger partial charge is 0.586 e. The van der Waals surface area contributed by atoms with Crippen LogP contribution in [0.15, 0.2) is 18.2 Å². The minimum atomic E-state index is -3.56. The van der Waals surface area contributed by atoms with Crippen molar-refractivity contribution in [2.24, 2.45) is 5.92 Å². The molecule has 1 N–H and O–H groups in total. The van der Waals surface area contributed by atoms with Crippen LogP contribution in [0.4, 0.5) is 8.78 Å². The predicted octanol–water partition coefficient (Wildman–Crippen LogP) is 3.39. The van der Waals surface area contributed by atoms with Crippen LogP contribution in [-0.2, 0) is 0 Å². The first-order valence-electron chi connectivity index (χ1n) is 8.34. The first-order valence-corrected chi connectivity index (χ1v) is 8.34. The van der Waals surface area contributed by atoms with Crippen molar-refractivity contribution >= 4 is 0 Å². The third kappa shape index (κ3) is 3.58. The topological polar surface area (TPSA) is 33.7 Å². The zero-order chi connectivity index (χ0) is 16.4. The maximum Gasteiger partial charge on any atom is 0.586 e. The van der Waals surface area contributed by atoms with Crippen molar-refractivity contribution in [2.45, 2.75) is 39.0 Å². The fourth-order valence-corrected chi connectivity index (χ4v) is 3.62. The Hall–Kier alpha value is -1.40. The highest BCUT2D eigenvalue weighted by Crippen LogP contribution is 2.43. The van der Waals surface area contributed by atoms with Crippen molar-refractivity contribution in [3.05, 3.63) is 23.8 Å². The molecule has 0 spiro atoms. The molecule has 0 radical (unpaired) electrons. The Balaban J connectivity index is 1.87. The van der Waals surface area contributed by atoms with Gasteiger partial charge in [-0.1, -0.05) is 26.3 Å². The monoisotopic (exact) mass is 326 g/mol. The van der Waals surface area contributed by atoms with E-state index in [0.29, 0.717) is 5.92 Å². The molecule has 2 aliphatic heterocycles. The van der Waals surface area contributed by atoms with Crippen LogP contribution in [0, 0.1) is 5.92 Å². The van der Waals surface area contributed by atoms with Gasteiger partial charge in [0, 0.05) is 32.2 Å². The van der Waals surface area contributed by atoms with Crippen LogP contribution >= 0.6 is 0 Å². The second kappa shape index (κ2) is 6.61. The summed E-state index contributed by atoms with van der Waals surface area (Å²) in [6, 6.07) is 5.41. The molecule has 6 heteroatoms. The van der Waals surface area contributed by atoms with Crippen molar-refractivity contribution in [1.82, 2.24) is 10.2 Å². The van der Waals surface area contributed by atoms with Gasteiger partial charge in [-0.3, -0.25) is 4.90 Å². The molecule has 1 fully saturated rings. The molecule has 0 amide bonds. The van der Waals surface area contributed by atoms with Crippen LogP contribution in [0.2, 0.25) is 0 Å². The molecule has 128 valence electrons. The molecule has 1 aromatic rings. The molecule has 23 heavy (non-hydrogen) atoms. The summed E-state index contributed by atoms with van der Waals surface area (Å²) >= 11 is 0. The number of benzene rings is 1. The zero-order valence-corrected chi connectivity index (χ0v) is 13.6. The molecule has 0 bridgehead atoms. The molecular weight excluding hydrogens is 302 g/mol. The summed E-state index contributed by atoms with van der Waals surface area (Å²) < 4.78 is 35.6. The lowest BCUT2D eigenvalue weighted by molar-refractivity contribution is -0.286. The Kier molecular flexibility index (Phi) is 4.73. The number of fused-ring (bicyclic) bond motifs is 1. The minimum absolute atomic E-state index is 0.112. The average Bonchev–Trinajstić information content (AvgIpc) is 2.82. The van der Waals surface area contributed by atoms with E-state index in [1.54, 1.807) is 12.1 Å². The Morgan fingerprint density at radius 3 is 2.61 bits per heavy atom. The SMILES string of the molecule is CCCC(C)[C@@H](c1ccc2c(c1)OC(F)(F)O2)N1CCNCC1. The van der Waals surface area contributed by atoms with Crippen molar-refractivity contribution in [3.63, 3.8) is 0 Å². The number of rotatable bonds is 5. The molecule has 3 rings (SSSR count). The van der Waals surface area contributed by atoms with Gasteiger partial charge in [0.25, 0.3) is 0 Å². The molecular formula is C17H24F2N2O2. The van der Waals surface area contributed by atoms with Gasteiger partial charge < -0.3 is 14.8 Å². The summed E-state index contributed by atoms with van der Waals surface area (Å²) in [5.74, 6) is 0.691. The predicted molar refractivity (Wildman–Crippen MR) is 83.9 cm³/mol. The Morgan fingerprint density at radius 2 is 1.91 bits per heavy atom. The van der Waals surface area contributed by atoms with Gasteiger partial charge in [-0.2, -0.15) is 0 Å². The second-order valence-electron chi connectivity index (χ2n) is 6.37. The van der Waals surface area contributed by atoms with Crippen LogP contribution in [0.1, 0.15) is 38.3 Å². The van der Waals surface area contributed by atoms with Gasteiger partial charge in [-0.25, -0.2) is 0 Å². The number of hydrogen-bond donors (Lipinski definition) is 1. The van der Waals surface area contributed by atoms with Gasteiger partial charge in [0.15, 0.2) is 11.5 Å². The standard InChI is InChI=1S/C17H24F2N2O2/c1-3-4-12(2)16(21-9-7-20-8-10-21)13-5-6-14-15(11-13)23-17(18,19)22-14/h5-6,11-12,16,20H,3-4,7-10H2,1-2H3/t12?,16-/m0/s1. The van der Waals surface area contributed by atoms with Crippen molar-refractivity contribution in [3.8, 4) is 11.5 Å². The van der Waals surface area contributed by atoms with E-state index in [1.807, 2.05) is 6.07 Å². The summed E-state index contributed by atoms with van der Waals surface area (Å²) in [5.41, 5.74) is 1.02. The Labute approximate surface area is 135 Å². The van der Waals surface area contributed by atoms with E-state index < -0.39 is 6.29 Å². The van der Waals surface area contributed by atoms with E-state index in [4.69, 9.17) is 0 Å². The lowest BCUT2D eigenvalue weighted by Crippen LogP contribution is -2.46. The first-order chi connectivity index (χ1) is 11.0. The van der Waals surface area contributed by atoms with E-state index in [1.165, 1.54) is 0 Å². The summed E-state index contributed by atoms with van der Waals surface area (Å²) in [6.07, 6.45) is -1.36. The number of halogens is 2. The van der Waals surface area contributed by atoms with Crippen LogP contribution in [-0.4, -0.2) is 37.4 Å². The highest BCUT2D eigenvalue weighted by atomic mass is 19.3. The molecule has 1 unspecified atom stereocenters. The lowest BCUT2D eigenvalue weighted by Gasteiger charge is -2.38. The van der Waals surface area contributed by atoms with Gasteiger partial charge in [0.1, 0.15) is 0 Å². The van der Waals surface area contributed by atoms with E-state index in [2.05, 4.69) is 33.5 Å². The fraction of sp³-hybridized carbons (Fsp3) is 0.647. The van der Waals surface area contributed by atoms with Crippen molar-refractivity contribution in [2.75, 3.05) is 26.2 Å². The van der Waals surface area contributed by atoms with E-state index in [9.17, 15) is 8.78 Å². The highest BCUT2D eigenvalue weighted by Gasteiger charge is 2.43. The van der Waals surface area contributed by atoms with Gasteiger partial charge >= 0.3 is 6.29 Å². The number of ether oxygens (including phenoxy) is 2. The van der Waals surface area contributed by atoms with Crippen molar-refractivity contribution in [1.29, 1.82) is 0 Å². The van der Waals surface area contributed by atoms with E-state index in [-0.39, 0.29) is 17.5 Å². The van der Waals surface area contributed by atoms with Gasteiger partial charge in [0.2, 0.25) is 0 Å². The van der Waals surface area contributed by atoms with E-state index >= 15 is 0 Å². The summed E-state index contributed by atoms with van der Waals surface area (Å²) in [6.45, 7) is 8.24. The smallest absolute Gasteiger partial charge is 0.395 e. The fourth-order valence-electron chi connectivity index (χ4n) is 3.62. The molecule has 0 saturated carbocycles. The van der Waals surface area contributed by atoms with Crippen LogP contribution < -0.4 is 14.8 Å². The van der Waals surface area contributed by atoms with Gasteiger partial charge in [-0.05, 0) is 30.0 Å². The lowest BCUT2D eigenvalue weighted by atomic mass is 9.89. The molecule has 1 saturated heterocycles. The number of nitrogens with zero attached hydrogens (tertiary/aromatic N) is 1. The maximum absolute atomic E-state index is 13.2. The van der Waals surface area contributed by atoms with E-state index in [0.717, 1.165) is 44.6 Å². The van der Waals surface area contributed by atoms with Crippen LogP contribution in [0.25, 0.3) is 0 Å². The molecule has 0 aromatic heterocycles. The summed E-state index contributed by atoms with van der Waals surface area (Å²) in [4.78, 5) is 2.44. The van der Waals surface area contributed by atoms with Crippen LogP contribution in [0.5, 0.6) is 11.5 Å². The van der Waals surface area contributed by atoms with Gasteiger partial charge in [0.05, 0.1) is 0 Å². The Bertz CT molecular complexity index is 547. The quantitative estimate of drug-likeness (QED) is 0.899. The second-order valence-corrected chi connectivity index (χ2v) is 6.37. The maximum atomic E-state index is 13.2. The number of nitrogens with one attached hydrogen (secondary N) is 1. The molecule has 2 heterocycles. The normalized spacial score (nSPS) is 22.8. The first kappa shape index (κ1) is 16.5. The summed E-state index contributed by atoms with van der Waals surface area (Å²) in [7, 11) is 0. The summed E-state index contributed by atoms with van der Waals surface area (Å²) in [5, 5.41) is 3.36. The molecule has 2 aliphatic rings. The molecule has 4 nitrogen and oxygen atoms in total. The Morgan fingerprint density at radius 1 is 1.22 bits per heavy atom. The zero-order valence-electron chi connectivity index (χ0n) is 13.6. The number of hydrogen-bond acceptors (Lipinski definition) is 4. The average molecular weight is 326 g/mol. The molecule has 0 aliphatic carbocycles.